The summed E-state index contributed by atoms with van der Waals surface area (Å²) in [6.45, 7) is 12.1. The molecule has 0 heterocycles. The highest BCUT2D eigenvalue weighted by atomic mass is 16.5. The Morgan fingerprint density at radius 2 is 1.72 bits per heavy atom. The van der Waals surface area contributed by atoms with E-state index in [1.54, 1.807) is 0 Å². The van der Waals surface area contributed by atoms with Crippen LogP contribution in [0, 0.1) is 6.92 Å². The molecule has 0 radical (unpaired) electrons. The average molecular weight is 341 g/mol. The first kappa shape index (κ1) is 19.2. The zero-order valence-electron chi connectivity index (χ0n) is 16.1. The van der Waals surface area contributed by atoms with E-state index in [2.05, 4.69) is 58.1 Å². The van der Waals surface area contributed by atoms with Crippen LogP contribution in [0.4, 0.5) is 5.69 Å². The highest BCUT2D eigenvalue weighted by molar-refractivity contribution is 5.46. The van der Waals surface area contributed by atoms with E-state index in [-0.39, 0.29) is 6.10 Å². The molecule has 136 valence electrons. The molecule has 25 heavy (non-hydrogen) atoms. The number of rotatable bonds is 9. The molecule has 2 aromatic carbocycles. The second-order valence-electron chi connectivity index (χ2n) is 6.83. The van der Waals surface area contributed by atoms with Crippen LogP contribution in [0.2, 0.25) is 0 Å². The second kappa shape index (κ2) is 9.36. The van der Waals surface area contributed by atoms with Gasteiger partial charge in [0.1, 0.15) is 18.1 Å². The van der Waals surface area contributed by atoms with E-state index >= 15 is 0 Å². The lowest BCUT2D eigenvalue weighted by Crippen LogP contribution is -2.13. The molecule has 2 aromatic rings. The van der Waals surface area contributed by atoms with Crippen molar-refractivity contribution in [1.29, 1.82) is 0 Å². The summed E-state index contributed by atoms with van der Waals surface area (Å²) in [6.07, 6.45) is 1.26. The highest BCUT2D eigenvalue weighted by Crippen LogP contribution is 2.27. The zero-order valence-corrected chi connectivity index (χ0v) is 16.1. The third kappa shape index (κ3) is 6.00. The molecule has 1 N–H and O–H groups in total. The predicted octanol–water partition coefficient (Wildman–Crippen LogP) is 5.79. The molecule has 0 amide bonds. The maximum atomic E-state index is 6.00. The van der Waals surface area contributed by atoms with Crippen molar-refractivity contribution in [2.24, 2.45) is 0 Å². The second-order valence-corrected chi connectivity index (χ2v) is 6.83. The van der Waals surface area contributed by atoms with Crippen molar-refractivity contribution in [3.05, 3.63) is 53.6 Å². The maximum absolute atomic E-state index is 6.00. The number of ether oxygens (including phenoxy) is 2. The van der Waals surface area contributed by atoms with Crippen molar-refractivity contribution < 1.29 is 9.47 Å². The number of hydrogen-bond donors (Lipinski definition) is 1. The van der Waals surface area contributed by atoms with Gasteiger partial charge in [0.2, 0.25) is 0 Å². The number of anilines is 1. The Balaban J connectivity index is 1.82. The molecular weight excluding hydrogens is 310 g/mol. The SMILES string of the molecule is CCC(C)Oc1ccc(NCCOc2cc(C)ccc2C(C)C)cc1. The summed E-state index contributed by atoms with van der Waals surface area (Å²) in [5.41, 5.74) is 3.56. The van der Waals surface area contributed by atoms with Gasteiger partial charge in [-0.3, -0.25) is 0 Å². The summed E-state index contributed by atoms with van der Waals surface area (Å²) in [6, 6.07) is 14.5. The number of benzene rings is 2. The monoisotopic (exact) mass is 341 g/mol. The quantitative estimate of drug-likeness (QED) is 0.586. The van der Waals surface area contributed by atoms with E-state index in [0.29, 0.717) is 12.5 Å². The van der Waals surface area contributed by atoms with Gasteiger partial charge in [0.25, 0.3) is 0 Å². The van der Waals surface area contributed by atoms with Gasteiger partial charge in [0, 0.05) is 12.2 Å². The van der Waals surface area contributed by atoms with Gasteiger partial charge in [-0.1, -0.05) is 32.9 Å². The van der Waals surface area contributed by atoms with Crippen LogP contribution < -0.4 is 14.8 Å². The van der Waals surface area contributed by atoms with Crippen LogP contribution in [0.1, 0.15) is 51.2 Å². The van der Waals surface area contributed by atoms with Crippen LogP contribution in [0.15, 0.2) is 42.5 Å². The van der Waals surface area contributed by atoms with Gasteiger partial charge in [-0.15, -0.1) is 0 Å². The maximum Gasteiger partial charge on any atom is 0.123 e. The Bertz CT molecular complexity index is 650. The van der Waals surface area contributed by atoms with Crippen LogP contribution >= 0.6 is 0 Å². The topological polar surface area (TPSA) is 30.5 Å². The van der Waals surface area contributed by atoms with Gasteiger partial charge in [-0.05, 0) is 67.6 Å². The van der Waals surface area contributed by atoms with Gasteiger partial charge in [0.05, 0.1) is 6.10 Å². The molecule has 0 aliphatic carbocycles. The summed E-state index contributed by atoms with van der Waals surface area (Å²) < 4.78 is 11.8. The van der Waals surface area contributed by atoms with E-state index in [1.165, 1.54) is 11.1 Å². The standard InChI is InChI=1S/C22H31NO2/c1-6-18(5)25-20-10-8-19(9-11-20)23-13-14-24-22-15-17(4)7-12-21(22)16(2)3/h7-12,15-16,18,23H,6,13-14H2,1-5H3. The zero-order chi connectivity index (χ0) is 18.2. The van der Waals surface area contributed by atoms with Crippen LogP contribution in [-0.4, -0.2) is 19.3 Å². The molecule has 0 aromatic heterocycles. The Morgan fingerprint density at radius 1 is 1.00 bits per heavy atom. The third-order valence-electron chi connectivity index (χ3n) is 4.25. The fourth-order valence-electron chi connectivity index (χ4n) is 2.57. The van der Waals surface area contributed by atoms with Crippen molar-refractivity contribution in [2.45, 2.75) is 53.1 Å². The minimum Gasteiger partial charge on any atom is -0.491 e. The molecule has 0 spiro atoms. The smallest absolute Gasteiger partial charge is 0.123 e. The van der Waals surface area contributed by atoms with Crippen molar-refractivity contribution >= 4 is 5.69 Å². The molecule has 0 fully saturated rings. The normalized spacial score (nSPS) is 12.1. The van der Waals surface area contributed by atoms with Crippen molar-refractivity contribution in [1.82, 2.24) is 0 Å². The van der Waals surface area contributed by atoms with E-state index < -0.39 is 0 Å². The van der Waals surface area contributed by atoms with Crippen LogP contribution in [0.25, 0.3) is 0 Å². The molecule has 0 saturated heterocycles. The van der Waals surface area contributed by atoms with Gasteiger partial charge in [0.15, 0.2) is 0 Å². The molecule has 3 nitrogen and oxygen atoms in total. The van der Waals surface area contributed by atoms with Crippen LogP contribution in [0.3, 0.4) is 0 Å². The molecule has 2 rings (SSSR count). The van der Waals surface area contributed by atoms with Crippen molar-refractivity contribution in [3.63, 3.8) is 0 Å². The van der Waals surface area contributed by atoms with E-state index in [0.717, 1.165) is 30.2 Å². The molecule has 3 heteroatoms. The molecule has 0 saturated carbocycles. The summed E-state index contributed by atoms with van der Waals surface area (Å²) in [4.78, 5) is 0. The van der Waals surface area contributed by atoms with Gasteiger partial charge >= 0.3 is 0 Å². The molecule has 1 atom stereocenters. The lowest BCUT2D eigenvalue weighted by Gasteiger charge is -2.16. The van der Waals surface area contributed by atoms with E-state index in [1.807, 2.05) is 24.3 Å². The Hall–Kier alpha value is -2.16. The van der Waals surface area contributed by atoms with Crippen molar-refractivity contribution in [3.8, 4) is 11.5 Å². The average Bonchev–Trinajstić information content (AvgIpc) is 2.59. The van der Waals surface area contributed by atoms with E-state index in [9.17, 15) is 0 Å². The van der Waals surface area contributed by atoms with Gasteiger partial charge in [-0.2, -0.15) is 0 Å². The Kier molecular flexibility index (Phi) is 7.17. The fourth-order valence-corrected chi connectivity index (χ4v) is 2.57. The Morgan fingerprint density at radius 3 is 2.36 bits per heavy atom. The first-order valence-electron chi connectivity index (χ1n) is 9.23. The summed E-state index contributed by atoms with van der Waals surface area (Å²) in [5.74, 6) is 2.37. The van der Waals surface area contributed by atoms with Crippen molar-refractivity contribution in [2.75, 3.05) is 18.5 Å². The van der Waals surface area contributed by atoms with Crippen LogP contribution in [-0.2, 0) is 0 Å². The lowest BCUT2D eigenvalue weighted by atomic mass is 10.0. The molecule has 0 aliphatic rings. The minimum atomic E-state index is 0.247. The molecule has 0 aliphatic heterocycles. The molecule has 1 unspecified atom stereocenters. The lowest BCUT2D eigenvalue weighted by molar-refractivity contribution is 0.217. The van der Waals surface area contributed by atoms with Gasteiger partial charge in [-0.25, -0.2) is 0 Å². The first-order valence-corrected chi connectivity index (χ1v) is 9.23. The first-order chi connectivity index (χ1) is 12.0. The fraction of sp³-hybridized carbons (Fsp3) is 0.455. The van der Waals surface area contributed by atoms with Crippen LogP contribution in [0.5, 0.6) is 11.5 Å². The number of nitrogens with one attached hydrogen (secondary N) is 1. The molecular formula is C22H31NO2. The number of aryl methyl sites for hydroxylation is 1. The Labute approximate surface area is 152 Å². The van der Waals surface area contributed by atoms with Gasteiger partial charge < -0.3 is 14.8 Å². The highest BCUT2D eigenvalue weighted by Gasteiger charge is 2.08. The molecule has 0 bridgehead atoms. The summed E-state index contributed by atoms with van der Waals surface area (Å²) in [5, 5.41) is 3.39. The third-order valence-corrected chi connectivity index (χ3v) is 4.25. The summed E-state index contributed by atoms with van der Waals surface area (Å²) >= 11 is 0. The van der Waals surface area contributed by atoms with E-state index in [4.69, 9.17) is 9.47 Å². The predicted molar refractivity (Wildman–Crippen MR) is 106 cm³/mol. The number of hydrogen-bond acceptors (Lipinski definition) is 3. The largest absolute Gasteiger partial charge is 0.491 e. The minimum absolute atomic E-state index is 0.247. The summed E-state index contributed by atoms with van der Waals surface area (Å²) in [7, 11) is 0.